The van der Waals surface area contributed by atoms with Gasteiger partial charge in [-0.1, -0.05) is 0 Å². The van der Waals surface area contributed by atoms with Crippen molar-refractivity contribution in [2.75, 3.05) is 31.5 Å². The van der Waals surface area contributed by atoms with Crippen molar-refractivity contribution in [1.29, 1.82) is 0 Å². The average molecular weight is 236 g/mol. The molecule has 5 nitrogen and oxygen atoms in total. The molecule has 3 N–H and O–H groups in total. The van der Waals surface area contributed by atoms with Gasteiger partial charge in [0.25, 0.3) is 0 Å². The zero-order valence-corrected chi connectivity index (χ0v) is 10.4. The van der Waals surface area contributed by atoms with Gasteiger partial charge in [0.2, 0.25) is 5.91 Å². The SMILES string of the molecule is CC(C)(C(=O)Nc1cc[nH]c1)N1CCNCC1. The van der Waals surface area contributed by atoms with E-state index in [-0.39, 0.29) is 5.91 Å². The summed E-state index contributed by atoms with van der Waals surface area (Å²) in [5.74, 6) is 0.0407. The first-order valence-corrected chi connectivity index (χ1v) is 6.01. The Bertz CT molecular complexity index is 366. The molecule has 1 saturated heterocycles. The summed E-state index contributed by atoms with van der Waals surface area (Å²) in [6, 6.07) is 1.85. The largest absolute Gasteiger partial charge is 0.366 e. The highest BCUT2D eigenvalue weighted by molar-refractivity contribution is 5.97. The topological polar surface area (TPSA) is 60.2 Å². The Balaban J connectivity index is 2.00. The zero-order valence-electron chi connectivity index (χ0n) is 10.4. The van der Waals surface area contributed by atoms with Crippen LogP contribution in [0.2, 0.25) is 0 Å². The number of carbonyl (C=O) groups excluding carboxylic acids is 1. The van der Waals surface area contributed by atoms with Crippen LogP contribution in [0.25, 0.3) is 0 Å². The third-order valence-corrected chi connectivity index (χ3v) is 3.32. The molecule has 1 aliphatic heterocycles. The van der Waals surface area contributed by atoms with E-state index in [2.05, 4.69) is 20.5 Å². The van der Waals surface area contributed by atoms with Gasteiger partial charge in [0, 0.05) is 38.6 Å². The molecule has 2 heterocycles. The molecular weight excluding hydrogens is 216 g/mol. The van der Waals surface area contributed by atoms with Gasteiger partial charge >= 0.3 is 0 Å². The number of amides is 1. The standard InChI is InChI=1S/C12H20N4O/c1-12(2,16-7-5-13-6-8-16)11(17)15-10-3-4-14-9-10/h3-4,9,13-14H,5-8H2,1-2H3,(H,15,17). The van der Waals surface area contributed by atoms with Crippen molar-refractivity contribution < 1.29 is 4.79 Å². The van der Waals surface area contributed by atoms with E-state index in [1.54, 1.807) is 12.4 Å². The van der Waals surface area contributed by atoms with E-state index in [1.807, 2.05) is 19.9 Å². The Morgan fingerprint density at radius 1 is 1.41 bits per heavy atom. The number of aromatic amines is 1. The van der Waals surface area contributed by atoms with Crippen LogP contribution in [-0.2, 0) is 4.79 Å². The van der Waals surface area contributed by atoms with Crippen LogP contribution >= 0.6 is 0 Å². The molecule has 1 fully saturated rings. The Kier molecular flexibility index (Phi) is 3.49. The molecule has 1 aliphatic rings. The lowest BCUT2D eigenvalue weighted by molar-refractivity contribution is -0.126. The molecule has 0 aliphatic carbocycles. The van der Waals surface area contributed by atoms with Crippen LogP contribution in [0.5, 0.6) is 0 Å². The van der Waals surface area contributed by atoms with Crippen molar-refractivity contribution in [3.05, 3.63) is 18.5 Å². The lowest BCUT2D eigenvalue weighted by Crippen LogP contribution is -2.58. The lowest BCUT2D eigenvalue weighted by atomic mass is 10.0. The van der Waals surface area contributed by atoms with Crippen molar-refractivity contribution >= 4 is 11.6 Å². The fraction of sp³-hybridized carbons (Fsp3) is 0.583. The fourth-order valence-corrected chi connectivity index (χ4v) is 2.05. The predicted octanol–water partition coefficient (Wildman–Crippen LogP) is 0.637. The van der Waals surface area contributed by atoms with Gasteiger partial charge in [-0.25, -0.2) is 0 Å². The molecule has 0 radical (unpaired) electrons. The molecule has 94 valence electrons. The maximum absolute atomic E-state index is 12.2. The van der Waals surface area contributed by atoms with E-state index in [9.17, 15) is 4.79 Å². The summed E-state index contributed by atoms with van der Waals surface area (Å²) in [6.07, 6.45) is 3.58. The smallest absolute Gasteiger partial charge is 0.244 e. The quantitative estimate of drug-likeness (QED) is 0.721. The highest BCUT2D eigenvalue weighted by Crippen LogP contribution is 2.18. The second-order valence-electron chi connectivity index (χ2n) is 4.85. The summed E-state index contributed by atoms with van der Waals surface area (Å²) in [5, 5.41) is 6.22. The summed E-state index contributed by atoms with van der Waals surface area (Å²) in [7, 11) is 0. The van der Waals surface area contributed by atoms with Gasteiger partial charge in [0.15, 0.2) is 0 Å². The van der Waals surface area contributed by atoms with E-state index < -0.39 is 5.54 Å². The predicted molar refractivity (Wildman–Crippen MR) is 67.9 cm³/mol. The second kappa shape index (κ2) is 4.89. The zero-order chi connectivity index (χ0) is 12.3. The summed E-state index contributed by atoms with van der Waals surface area (Å²) >= 11 is 0. The summed E-state index contributed by atoms with van der Waals surface area (Å²) < 4.78 is 0. The molecule has 0 spiro atoms. The number of anilines is 1. The van der Waals surface area contributed by atoms with Crippen molar-refractivity contribution in [2.45, 2.75) is 19.4 Å². The normalized spacial score (nSPS) is 18.0. The van der Waals surface area contributed by atoms with E-state index in [0.29, 0.717) is 0 Å². The van der Waals surface area contributed by atoms with Crippen molar-refractivity contribution in [2.24, 2.45) is 0 Å². The van der Waals surface area contributed by atoms with Gasteiger partial charge in [0.1, 0.15) is 0 Å². The van der Waals surface area contributed by atoms with Crippen LogP contribution in [0.15, 0.2) is 18.5 Å². The van der Waals surface area contributed by atoms with Crippen LogP contribution in [0.4, 0.5) is 5.69 Å². The molecular formula is C12H20N4O. The first-order chi connectivity index (χ1) is 8.10. The van der Waals surface area contributed by atoms with Crippen molar-refractivity contribution in [3.63, 3.8) is 0 Å². The molecule has 0 aromatic carbocycles. The van der Waals surface area contributed by atoms with Gasteiger partial charge in [-0.2, -0.15) is 0 Å². The molecule has 1 amide bonds. The van der Waals surface area contributed by atoms with Gasteiger partial charge < -0.3 is 15.6 Å². The van der Waals surface area contributed by atoms with Crippen LogP contribution in [0.1, 0.15) is 13.8 Å². The van der Waals surface area contributed by atoms with Gasteiger partial charge in [-0.05, 0) is 19.9 Å². The Morgan fingerprint density at radius 3 is 2.71 bits per heavy atom. The van der Waals surface area contributed by atoms with E-state index >= 15 is 0 Å². The number of carbonyl (C=O) groups is 1. The van der Waals surface area contributed by atoms with Crippen LogP contribution in [0, 0.1) is 0 Å². The molecule has 0 unspecified atom stereocenters. The van der Waals surface area contributed by atoms with Gasteiger partial charge in [-0.15, -0.1) is 0 Å². The van der Waals surface area contributed by atoms with Gasteiger partial charge in [-0.3, -0.25) is 9.69 Å². The van der Waals surface area contributed by atoms with Crippen LogP contribution < -0.4 is 10.6 Å². The van der Waals surface area contributed by atoms with Crippen LogP contribution in [0.3, 0.4) is 0 Å². The molecule has 17 heavy (non-hydrogen) atoms. The summed E-state index contributed by atoms with van der Waals surface area (Å²) in [4.78, 5) is 17.4. The highest BCUT2D eigenvalue weighted by atomic mass is 16.2. The number of hydrogen-bond acceptors (Lipinski definition) is 3. The maximum atomic E-state index is 12.2. The minimum atomic E-state index is -0.473. The number of H-pyrrole nitrogens is 1. The number of nitrogens with zero attached hydrogens (tertiary/aromatic N) is 1. The van der Waals surface area contributed by atoms with E-state index in [4.69, 9.17) is 0 Å². The first-order valence-electron chi connectivity index (χ1n) is 6.01. The number of hydrogen-bond donors (Lipinski definition) is 3. The second-order valence-corrected chi connectivity index (χ2v) is 4.85. The summed E-state index contributed by atoms with van der Waals surface area (Å²) in [5.41, 5.74) is 0.345. The number of rotatable bonds is 3. The van der Waals surface area contributed by atoms with Gasteiger partial charge in [0.05, 0.1) is 11.2 Å². The lowest BCUT2D eigenvalue weighted by Gasteiger charge is -2.39. The molecule has 1 aromatic heterocycles. The average Bonchev–Trinajstić information content (AvgIpc) is 2.83. The first kappa shape index (κ1) is 12.1. The Hall–Kier alpha value is -1.33. The molecule has 0 bridgehead atoms. The third-order valence-electron chi connectivity index (χ3n) is 3.32. The van der Waals surface area contributed by atoms with E-state index in [0.717, 1.165) is 31.9 Å². The van der Waals surface area contributed by atoms with Crippen LogP contribution in [-0.4, -0.2) is 47.5 Å². The number of piperazine rings is 1. The monoisotopic (exact) mass is 236 g/mol. The van der Waals surface area contributed by atoms with E-state index in [1.165, 1.54) is 0 Å². The molecule has 0 saturated carbocycles. The Morgan fingerprint density at radius 2 is 2.12 bits per heavy atom. The maximum Gasteiger partial charge on any atom is 0.244 e. The van der Waals surface area contributed by atoms with Crippen molar-refractivity contribution in [3.8, 4) is 0 Å². The number of nitrogens with one attached hydrogen (secondary N) is 3. The number of aromatic nitrogens is 1. The fourth-order valence-electron chi connectivity index (χ4n) is 2.05. The molecule has 1 aromatic rings. The minimum absolute atomic E-state index is 0.0407. The Labute approximate surface area is 102 Å². The molecule has 2 rings (SSSR count). The minimum Gasteiger partial charge on any atom is -0.366 e. The van der Waals surface area contributed by atoms with Crippen molar-refractivity contribution in [1.82, 2.24) is 15.2 Å². The highest BCUT2D eigenvalue weighted by Gasteiger charge is 2.35. The summed E-state index contributed by atoms with van der Waals surface area (Å²) in [6.45, 7) is 7.66. The molecule has 5 heteroatoms. The molecule has 0 atom stereocenters. The third kappa shape index (κ3) is 2.68.